The highest BCUT2D eigenvalue weighted by Crippen LogP contribution is 2.64. The van der Waals surface area contributed by atoms with Crippen molar-refractivity contribution in [3.05, 3.63) is 105 Å². The zero-order valence-electron chi connectivity index (χ0n) is 16.1. The quantitative estimate of drug-likeness (QED) is 0.396. The number of hydrogen-bond donors (Lipinski definition) is 1. The van der Waals surface area contributed by atoms with Gasteiger partial charge in [-0.2, -0.15) is 0 Å². The van der Waals surface area contributed by atoms with Gasteiger partial charge in [-0.15, -0.1) is 0 Å². The lowest BCUT2D eigenvalue weighted by Gasteiger charge is -2.48. The van der Waals surface area contributed by atoms with Crippen LogP contribution in [0.15, 0.2) is 72.8 Å². The summed E-state index contributed by atoms with van der Waals surface area (Å²) in [6.45, 7) is 0. The molecule has 2 amide bonds. The zero-order valence-corrected chi connectivity index (χ0v) is 16.1. The van der Waals surface area contributed by atoms with E-state index >= 15 is 0 Å². The van der Waals surface area contributed by atoms with Gasteiger partial charge in [0.15, 0.2) is 0 Å². The molecule has 1 heterocycles. The number of nitro groups is 1. The van der Waals surface area contributed by atoms with Gasteiger partial charge < -0.3 is 5.11 Å². The molecule has 1 saturated heterocycles. The maximum Gasteiger partial charge on any atom is 0.285 e. The fraction of sp³-hybridized carbons (Fsp3) is 0.167. The standard InChI is InChI=1S/C24H16N2O5/c27-18-12-6-5-11-17(18)25-22(28)20-19-13-7-1-3-9-15(13)24(26(30)31,21(20)23(25)29)16-10-4-2-8-14(16)19/h1-12,19-21,27H. The number of nitrogens with zero attached hydrogens (tertiary/aromatic N) is 2. The number of carbonyl (C=O) groups excluding carboxylic acids is 2. The number of aromatic hydroxyl groups is 1. The SMILES string of the molecule is O=C1C2C3c4ccccc4C([N+](=O)[O-])(c4ccccc43)C2C(=O)N1c1ccccc1O. The Balaban J connectivity index is 1.69. The lowest BCUT2D eigenvalue weighted by Crippen LogP contribution is -2.57. The van der Waals surface area contributed by atoms with Crippen molar-refractivity contribution in [1.29, 1.82) is 0 Å². The summed E-state index contributed by atoms with van der Waals surface area (Å²) in [7, 11) is 0. The first-order valence-corrected chi connectivity index (χ1v) is 9.98. The third-order valence-corrected chi connectivity index (χ3v) is 6.98. The Kier molecular flexibility index (Phi) is 3.33. The molecule has 7 heteroatoms. The fourth-order valence-corrected chi connectivity index (χ4v) is 5.93. The molecule has 4 aliphatic rings. The Morgan fingerprint density at radius 2 is 1.39 bits per heavy atom. The van der Waals surface area contributed by atoms with Crippen molar-refractivity contribution in [2.75, 3.05) is 4.90 Å². The first-order valence-electron chi connectivity index (χ1n) is 9.98. The number of para-hydroxylation sites is 2. The van der Waals surface area contributed by atoms with Crippen LogP contribution in [0.25, 0.3) is 0 Å². The van der Waals surface area contributed by atoms with Crippen molar-refractivity contribution in [2.24, 2.45) is 11.8 Å². The zero-order chi connectivity index (χ0) is 21.5. The number of carbonyl (C=O) groups is 2. The van der Waals surface area contributed by atoms with Gasteiger partial charge in [-0.3, -0.25) is 19.7 Å². The molecule has 2 atom stereocenters. The second-order valence-electron chi connectivity index (χ2n) is 8.18. The largest absolute Gasteiger partial charge is 0.506 e. The predicted octanol–water partition coefficient (Wildman–Crippen LogP) is 3.18. The molecule has 7 rings (SSSR count). The average Bonchev–Trinajstić information content (AvgIpc) is 3.05. The minimum absolute atomic E-state index is 0.0536. The molecule has 0 saturated carbocycles. The van der Waals surface area contributed by atoms with Gasteiger partial charge in [-0.25, -0.2) is 4.90 Å². The summed E-state index contributed by atoms with van der Waals surface area (Å²) in [5.74, 6) is -3.96. The Hall–Kier alpha value is -4.00. The van der Waals surface area contributed by atoms with Gasteiger partial charge in [0.2, 0.25) is 11.8 Å². The highest BCUT2D eigenvalue weighted by molar-refractivity contribution is 6.24. The van der Waals surface area contributed by atoms with Crippen LogP contribution >= 0.6 is 0 Å². The predicted molar refractivity (Wildman–Crippen MR) is 110 cm³/mol. The number of hydrogen-bond acceptors (Lipinski definition) is 5. The summed E-state index contributed by atoms with van der Waals surface area (Å²) >= 11 is 0. The molecular formula is C24H16N2O5. The van der Waals surface area contributed by atoms with Crippen molar-refractivity contribution in [3.63, 3.8) is 0 Å². The third-order valence-electron chi connectivity index (χ3n) is 6.98. The Bertz CT molecular complexity index is 1270. The Morgan fingerprint density at radius 1 is 0.839 bits per heavy atom. The molecular weight excluding hydrogens is 396 g/mol. The van der Waals surface area contributed by atoms with Gasteiger partial charge in [0.1, 0.15) is 11.7 Å². The third kappa shape index (κ3) is 1.89. The number of phenolic OH excluding ortho intramolecular Hbond substituents is 1. The molecule has 1 N–H and O–H groups in total. The highest BCUT2D eigenvalue weighted by atomic mass is 16.6. The molecule has 3 aliphatic carbocycles. The number of imide groups is 1. The van der Waals surface area contributed by atoms with E-state index in [9.17, 15) is 24.8 Å². The van der Waals surface area contributed by atoms with Crippen molar-refractivity contribution < 1.29 is 19.6 Å². The normalized spacial score (nSPS) is 27.6. The molecule has 31 heavy (non-hydrogen) atoms. The van der Waals surface area contributed by atoms with E-state index in [0.717, 1.165) is 4.90 Å². The van der Waals surface area contributed by atoms with E-state index in [1.54, 1.807) is 48.5 Å². The maximum absolute atomic E-state index is 13.7. The van der Waals surface area contributed by atoms with Crippen LogP contribution in [0.3, 0.4) is 0 Å². The Labute approximate surface area is 176 Å². The minimum atomic E-state index is -1.86. The lowest BCUT2D eigenvalue weighted by molar-refractivity contribution is -0.578. The first kappa shape index (κ1) is 17.8. The highest BCUT2D eigenvalue weighted by Gasteiger charge is 2.74. The molecule has 3 aromatic rings. The minimum Gasteiger partial charge on any atom is -0.506 e. The molecule has 3 aromatic carbocycles. The monoisotopic (exact) mass is 412 g/mol. The number of phenols is 1. The van der Waals surface area contributed by atoms with Crippen molar-refractivity contribution in [1.82, 2.24) is 0 Å². The maximum atomic E-state index is 13.7. The molecule has 7 nitrogen and oxygen atoms in total. The van der Waals surface area contributed by atoms with E-state index in [1.165, 1.54) is 12.1 Å². The number of rotatable bonds is 2. The molecule has 0 radical (unpaired) electrons. The van der Waals surface area contributed by atoms with E-state index in [4.69, 9.17) is 0 Å². The first-order chi connectivity index (χ1) is 15.0. The molecule has 2 unspecified atom stereocenters. The molecule has 0 spiro atoms. The number of anilines is 1. The molecule has 0 aromatic heterocycles. The van der Waals surface area contributed by atoms with E-state index in [2.05, 4.69) is 0 Å². The summed E-state index contributed by atoms with van der Waals surface area (Å²) in [4.78, 5) is 40.7. The van der Waals surface area contributed by atoms with Crippen LogP contribution in [0.2, 0.25) is 0 Å². The summed E-state index contributed by atoms with van der Waals surface area (Å²) in [5, 5.41) is 23.2. The number of amides is 2. The van der Waals surface area contributed by atoms with E-state index < -0.39 is 40.0 Å². The van der Waals surface area contributed by atoms with Crippen molar-refractivity contribution in [2.45, 2.75) is 11.5 Å². The smallest absolute Gasteiger partial charge is 0.285 e. The summed E-state index contributed by atoms with van der Waals surface area (Å²) < 4.78 is 0. The molecule has 1 fully saturated rings. The van der Waals surface area contributed by atoms with Crippen molar-refractivity contribution >= 4 is 17.5 Å². The van der Waals surface area contributed by atoms with Gasteiger partial charge in [-0.05, 0) is 23.3 Å². The van der Waals surface area contributed by atoms with Crippen LogP contribution < -0.4 is 4.90 Å². The van der Waals surface area contributed by atoms with Crippen LogP contribution in [0.1, 0.15) is 28.2 Å². The van der Waals surface area contributed by atoms with Gasteiger partial charge in [-0.1, -0.05) is 60.7 Å². The summed E-state index contributed by atoms with van der Waals surface area (Å²) in [5.41, 5.74) is 0.533. The van der Waals surface area contributed by atoms with Gasteiger partial charge in [0.25, 0.3) is 5.54 Å². The average molecular weight is 412 g/mol. The van der Waals surface area contributed by atoms with Crippen LogP contribution in [0, 0.1) is 22.0 Å². The van der Waals surface area contributed by atoms with Crippen LogP contribution in [-0.4, -0.2) is 21.8 Å². The van der Waals surface area contributed by atoms with Gasteiger partial charge in [0, 0.05) is 22.0 Å². The van der Waals surface area contributed by atoms with E-state index in [-0.39, 0.29) is 11.4 Å². The fourth-order valence-electron chi connectivity index (χ4n) is 5.93. The summed E-state index contributed by atoms with van der Waals surface area (Å²) in [6, 6.07) is 20.1. The molecule has 1 aliphatic heterocycles. The Morgan fingerprint density at radius 3 is 1.97 bits per heavy atom. The van der Waals surface area contributed by atoms with Crippen LogP contribution in [-0.2, 0) is 15.1 Å². The van der Waals surface area contributed by atoms with Gasteiger partial charge in [0.05, 0.1) is 11.6 Å². The topological polar surface area (TPSA) is 101 Å². The van der Waals surface area contributed by atoms with Crippen LogP contribution in [0.5, 0.6) is 5.75 Å². The second-order valence-corrected chi connectivity index (χ2v) is 8.18. The summed E-state index contributed by atoms with van der Waals surface area (Å²) in [6.07, 6.45) is 0. The van der Waals surface area contributed by atoms with Crippen molar-refractivity contribution in [3.8, 4) is 5.75 Å². The van der Waals surface area contributed by atoms with E-state index in [1.807, 2.05) is 12.1 Å². The second kappa shape index (κ2) is 5.78. The lowest BCUT2D eigenvalue weighted by atomic mass is 9.51. The van der Waals surface area contributed by atoms with Crippen LogP contribution in [0.4, 0.5) is 5.69 Å². The molecule has 2 bridgehead atoms. The number of benzene rings is 3. The van der Waals surface area contributed by atoms with Gasteiger partial charge >= 0.3 is 0 Å². The van der Waals surface area contributed by atoms with E-state index in [0.29, 0.717) is 22.3 Å². The molecule has 152 valence electrons.